The Kier molecular flexibility index (Phi) is 4.35. The third-order valence-electron chi connectivity index (χ3n) is 4.04. The lowest BCUT2D eigenvalue weighted by Crippen LogP contribution is -2.05. The highest BCUT2D eigenvalue weighted by molar-refractivity contribution is 6.12. The van der Waals surface area contributed by atoms with Crippen molar-refractivity contribution in [3.8, 4) is 16.9 Å². The molecule has 124 valence electrons. The summed E-state index contributed by atoms with van der Waals surface area (Å²) < 4.78 is 0. The van der Waals surface area contributed by atoms with Crippen LogP contribution in [0.5, 0.6) is 5.75 Å². The Morgan fingerprint density at radius 2 is 1.28 bits per heavy atom. The van der Waals surface area contributed by atoms with E-state index in [-0.39, 0.29) is 11.1 Å². The number of aromatic hydroxyl groups is 1. The molecule has 0 spiro atoms. The summed E-state index contributed by atoms with van der Waals surface area (Å²) in [7, 11) is 0. The minimum atomic E-state index is -1.28. The summed E-state index contributed by atoms with van der Waals surface area (Å²) >= 11 is 0. The monoisotopic (exact) mass is 332 g/mol. The number of rotatable bonds is 4. The topological polar surface area (TPSA) is 74.6 Å². The number of para-hydroxylation sites is 1. The van der Waals surface area contributed by atoms with Gasteiger partial charge in [-0.3, -0.25) is 4.79 Å². The average Bonchev–Trinajstić information content (AvgIpc) is 2.62. The predicted octanol–water partition coefficient (Wildman–Crippen LogP) is 4.30. The second-order valence-corrected chi connectivity index (χ2v) is 5.78. The van der Waals surface area contributed by atoms with Crippen molar-refractivity contribution in [2.45, 2.75) is 6.92 Å². The third-order valence-corrected chi connectivity index (χ3v) is 4.04. The first-order valence-corrected chi connectivity index (χ1v) is 7.74. The molecule has 0 aliphatic heterocycles. The molecule has 0 amide bonds. The van der Waals surface area contributed by atoms with Crippen molar-refractivity contribution in [3.05, 3.63) is 89.0 Å². The van der Waals surface area contributed by atoms with Crippen molar-refractivity contribution in [1.29, 1.82) is 0 Å². The van der Waals surface area contributed by atoms with Gasteiger partial charge in [-0.2, -0.15) is 0 Å². The first kappa shape index (κ1) is 16.5. The fourth-order valence-electron chi connectivity index (χ4n) is 2.61. The summed E-state index contributed by atoms with van der Waals surface area (Å²) in [5, 5.41) is 19.1. The van der Waals surface area contributed by atoms with Crippen LogP contribution in [0.15, 0.2) is 66.7 Å². The highest BCUT2D eigenvalue weighted by Gasteiger charge is 2.19. The van der Waals surface area contributed by atoms with Gasteiger partial charge in [-0.05, 0) is 30.2 Å². The molecule has 25 heavy (non-hydrogen) atoms. The lowest BCUT2D eigenvalue weighted by atomic mass is 9.97. The molecule has 0 fully saturated rings. The quantitative estimate of drug-likeness (QED) is 0.699. The van der Waals surface area contributed by atoms with Crippen LogP contribution in [-0.4, -0.2) is 22.0 Å². The first-order chi connectivity index (χ1) is 12.0. The zero-order valence-electron chi connectivity index (χ0n) is 13.6. The van der Waals surface area contributed by atoms with Crippen LogP contribution in [0.1, 0.15) is 31.8 Å². The summed E-state index contributed by atoms with van der Waals surface area (Å²) in [4.78, 5) is 23.7. The molecule has 0 atom stereocenters. The lowest BCUT2D eigenvalue weighted by Gasteiger charge is -2.08. The van der Waals surface area contributed by atoms with Gasteiger partial charge in [0.1, 0.15) is 11.3 Å². The predicted molar refractivity (Wildman–Crippen MR) is 95.1 cm³/mol. The van der Waals surface area contributed by atoms with Crippen molar-refractivity contribution in [2.75, 3.05) is 0 Å². The van der Waals surface area contributed by atoms with Crippen molar-refractivity contribution < 1.29 is 19.8 Å². The minimum Gasteiger partial charge on any atom is -0.506 e. The lowest BCUT2D eigenvalue weighted by molar-refractivity contribution is 0.0693. The Balaban J connectivity index is 1.92. The SMILES string of the molecule is Cc1ccc(-c2ccc(C(=O)c3cccc(C(=O)O)c3O)cc2)cc1. The maximum atomic E-state index is 12.6. The number of aromatic carboxylic acids is 1. The third kappa shape index (κ3) is 3.28. The van der Waals surface area contributed by atoms with Gasteiger partial charge in [0.15, 0.2) is 5.78 Å². The molecule has 0 unspecified atom stereocenters. The van der Waals surface area contributed by atoms with E-state index in [4.69, 9.17) is 5.11 Å². The number of benzene rings is 3. The Bertz CT molecular complexity index is 939. The maximum absolute atomic E-state index is 12.6. The summed E-state index contributed by atoms with van der Waals surface area (Å²) in [6.07, 6.45) is 0. The van der Waals surface area contributed by atoms with Crippen LogP contribution in [0.4, 0.5) is 0 Å². The van der Waals surface area contributed by atoms with E-state index in [9.17, 15) is 14.7 Å². The summed E-state index contributed by atoms with van der Waals surface area (Å²) in [6.45, 7) is 2.02. The highest BCUT2D eigenvalue weighted by atomic mass is 16.4. The minimum absolute atomic E-state index is 0.0250. The molecule has 0 aromatic heterocycles. The van der Waals surface area contributed by atoms with E-state index >= 15 is 0 Å². The Labute approximate surface area is 145 Å². The molecule has 0 aliphatic carbocycles. The number of phenols is 1. The fourth-order valence-corrected chi connectivity index (χ4v) is 2.61. The van der Waals surface area contributed by atoms with Gasteiger partial charge in [0.05, 0.1) is 5.56 Å². The largest absolute Gasteiger partial charge is 0.506 e. The molecular weight excluding hydrogens is 316 g/mol. The molecule has 3 aromatic rings. The smallest absolute Gasteiger partial charge is 0.339 e. The second kappa shape index (κ2) is 6.61. The molecule has 0 radical (unpaired) electrons. The Morgan fingerprint density at radius 1 is 0.760 bits per heavy atom. The molecule has 0 heterocycles. The molecule has 3 rings (SSSR count). The van der Waals surface area contributed by atoms with Gasteiger partial charge in [0.2, 0.25) is 0 Å². The Hall–Kier alpha value is -3.40. The normalized spacial score (nSPS) is 10.4. The molecule has 4 nitrogen and oxygen atoms in total. The van der Waals surface area contributed by atoms with Gasteiger partial charge >= 0.3 is 5.97 Å². The van der Waals surface area contributed by atoms with Gasteiger partial charge < -0.3 is 10.2 Å². The van der Waals surface area contributed by atoms with Crippen LogP contribution in [-0.2, 0) is 0 Å². The molecule has 0 saturated carbocycles. The molecule has 0 saturated heterocycles. The van der Waals surface area contributed by atoms with Crippen LogP contribution >= 0.6 is 0 Å². The second-order valence-electron chi connectivity index (χ2n) is 5.78. The number of carbonyl (C=O) groups excluding carboxylic acids is 1. The van der Waals surface area contributed by atoms with E-state index < -0.39 is 17.5 Å². The van der Waals surface area contributed by atoms with Crippen LogP contribution in [0, 0.1) is 6.92 Å². The first-order valence-electron chi connectivity index (χ1n) is 7.74. The van der Waals surface area contributed by atoms with Gasteiger partial charge in [0.25, 0.3) is 0 Å². The maximum Gasteiger partial charge on any atom is 0.339 e. The summed E-state index contributed by atoms with van der Waals surface area (Å²) in [6, 6.07) is 19.2. The van der Waals surface area contributed by atoms with E-state index in [1.54, 1.807) is 12.1 Å². The van der Waals surface area contributed by atoms with Crippen LogP contribution < -0.4 is 0 Å². The van der Waals surface area contributed by atoms with Crippen LogP contribution in [0.2, 0.25) is 0 Å². The van der Waals surface area contributed by atoms with E-state index in [2.05, 4.69) is 0 Å². The highest BCUT2D eigenvalue weighted by Crippen LogP contribution is 2.26. The van der Waals surface area contributed by atoms with Gasteiger partial charge in [-0.1, -0.05) is 60.2 Å². The fraction of sp³-hybridized carbons (Fsp3) is 0.0476. The molecule has 0 aliphatic rings. The van der Waals surface area contributed by atoms with Crippen LogP contribution in [0.3, 0.4) is 0 Å². The number of aryl methyl sites for hydroxylation is 1. The molecule has 4 heteroatoms. The average molecular weight is 332 g/mol. The summed E-state index contributed by atoms with van der Waals surface area (Å²) in [5.74, 6) is -2.21. The van der Waals surface area contributed by atoms with E-state index in [0.29, 0.717) is 5.56 Å². The van der Waals surface area contributed by atoms with Crippen LogP contribution in [0.25, 0.3) is 11.1 Å². The van der Waals surface area contributed by atoms with E-state index in [0.717, 1.165) is 11.1 Å². The van der Waals surface area contributed by atoms with Gasteiger partial charge in [-0.15, -0.1) is 0 Å². The van der Waals surface area contributed by atoms with E-state index in [1.807, 2.05) is 43.3 Å². The number of ketones is 1. The number of hydrogen-bond donors (Lipinski definition) is 2. The van der Waals surface area contributed by atoms with Crippen molar-refractivity contribution in [3.63, 3.8) is 0 Å². The molecular formula is C21H16O4. The van der Waals surface area contributed by atoms with Crippen molar-refractivity contribution >= 4 is 11.8 Å². The Morgan fingerprint density at radius 3 is 1.84 bits per heavy atom. The number of carboxylic acid groups (broad SMARTS) is 1. The number of carbonyl (C=O) groups is 2. The molecule has 0 bridgehead atoms. The molecule has 3 aromatic carbocycles. The number of hydrogen-bond acceptors (Lipinski definition) is 3. The molecule has 2 N–H and O–H groups in total. The number of carboxylic acids is 1. The van der Waals surface area contributed by atoms with E-state index in [1.165, 1.54) is 23.8 Å². The summed E-state index contributed by atoms with van der Waals surface area (Å²) in [5.41, 5.74) is 3.25. The zero-order valence-corrected chi connectivity index (χ0v) is 13.6. The van der Waals surface area contributed by atoms with Crippen molar-refractivity contribution in [1.82, 2.24) is 0 Å². The van der Waals surface area contributed by atoms with Gasteiger partial charge in [-0.25, -0.2) is 4.79 Å². The standard InChI is InChI=1S/C21H16O4/c1-13-5-7-14(8-6-13)15-9-11-16(12-10-15)19(22)17-3-2-4-18(20(17)23)21(24)25/h2-12,23H,1H3,(H,24,25). The zero-order chi connectivity index (χ0) is 18.0. The van der Waals surface area contributed by atoms with Gasteiger partial charge in [0, 0.05) is 5.56 Å². The van der Waals surface area contributed by atoms with Crippen molar-refractivity contribution in [2.24, 2.45) is 0 Å².